The van der Waals surface area contributed by atoms with Crippen LogP contribution in [0.5, 0.6) is 5.75 Å². The number of hydrogen-bond acceptors (Lipinski definition) is 5. The van der Waals surface area contributed by atoms with Crippen molar-refractivity contribution in [1.29, 1.82) is 0 Å². The zero-order valence-corrected chi connectivity index (χ0v) is 17.5. The van der Waals surface area contributed by atoms with E-state index in [1.807, 2.05) is 18.7 Å². The van der Waals surface area contributed by atoms with Gasteiger partial charge in [-0.25, -0.2) is 8.42 Å². The molecule has 0 bridgehead atoms. The predicted molar refractivity (Wildman–Crippen MR) is 108 cm³/mol. The van der Waals surface area contributed by atoms with Crippen LogP contribution < -0.4 is 4.74 Å². The third-order valence-corrected chi connectivity index (χ3v) is 6.85. The largest absolute Gasteiger partial charge is 0.425 e. The molecule has 6 nitrogen and oxygen atoms in total. The lowest BCUT2D eigenvalue weighted by Crippen LogP contribution is -2.50. The Labute approximate surface area is 170 Å². The molecular weight excluding hydrogens is 400 g/mol. The molecule has 0 aliphatic carbocycles. The van der Waals surface area contributed by atoms with E-state index in [9.17, 15) is 13.2 Å². The van der Waals surface area contributed by atoms with E-state index in [1.165, 1.54) is 4.31 Å². The van der Waals surface area contributed by atoms with Crippen molar-refractivity contribution in [3.63, 3.8) is 0 Å². The van der Waals surface area contributed by atoms with Crippen molar-refractivity contribution < 1.29 is 17.9 Å². The molecule has 28 heavy (non-hydrogen) atoms. The second-order valence-corrected chi connectivity index (χ2v) is 9.25. The molecule has 0 saturated carbocycles. The van der Waals surface area contributed by atoms with Crippen molar-refractivity contribution in [2.24, 2.45) is 0 Å². The van der Waals surface area contributed by atoms with E-state index in [4.69, 9.17) is 16.3 Å². The molecule has 0 amide bonds. The summed E-state index contributed by atoms with van der Waals surface area (Å²) in [5.41, 5.74) is 1.80. The third-order valence-electron chi connectivity index (χ3n) is 4.70. The lowest BCUT2D eigenvalue weighted by molar-refractivity contribution is -0.136. The molecule has 0 unspecified atom stereocenters. The van der Waals surface area contributed by atoms with Crippen molar-refractivity contribution in [2.75, 3.05) is 32.7 Å². The maximum absolute atomic E-state index is 12.7. The van der Waals surface area contributed by atoms with Crippen molar-refractivity contribution >= 4 is 27.6 Å². The number of nitrogens with zero attached hydrogens (tertiary/aromatic N) is 2. The first-order chi connectivity index (χ1) is 13.3. The first kappa shape index (κ1) is 20.8. The van der Waals surface area contributed by atoms with Crippen LogP contribution >= 0.6 is 11.6 Å². The Morgan fingerprint density at radius 1 is 1.04 bits per heavy atom. The number of hydrogen-bond donors (Lipinski definition) is 0. The summed E-state index contributed by atoms with van der Waals surface area (Å²) < 4.78 is 32.3. The Hall–Kier alpha value is -1.93. The Morgan fingerprint density at radius 2 is 1.68 bits per heavy atom. The molecule has 1 fully saturated rings. The third kappa shape index (κ3) is 4.91. The maximum Gasteiger partial charge on any atom is 0.325 e. The molecule has 1 aliphatic heterocycles. The van der Waals surface area contributed by atoms with Crippen molar-refractivity contribution in [3.05, 3.63) is 58.6 Å². The topological polar surface area (TPSA) is 66.9 Å². The van der Waals surface area contributed by atoms with Gasteiger partial charge in [-0.15, -0.1) is 0 Å². The second kappa shape index (κ2) is 8.61. The van der Waals surface area contributed by atoms with Gasteiger partial charge in [0, 0.05) is 31.2 Å². The quantitative estimate of drug-likeness (QED) is 0.547. The SMILES string of the molecule is Cc1ccc(S(=O)(=O)N2CCN(CC(=O)Oc3ccc(Cl)cc3C)CC2)cc1. The summed E-state index contributed by atoms with van der Waals surface area (Å²) in [5.74, 6) is 0.107. The minimum atomic E-state index is -3.51. The van der Waals surface area contributed by atoms with Gasteiger partial charge in [0.15, 0.2) is 0 Å². The molecule has 3 rings (SSSR count). The Morgan fingerprint density at radius 3 is 2.29 bits per heavy atom. The summed E-state index contributed by atoms with van der Waals surface area (Å²) >= 11 is 5.91. The van der Waals surface area contributed by atoms with Gasteiger partial charge in [0.1, 0.15) is 5.75 Å². The zero-order chi connectivity index (χ0) is 20.3. The van der Waals surface area contributed by atoms with Crippen LogP contribution in [-0.2, 0) is 14.8 Å². The number of carbonyl (C=O) groups is 1. The summed E-state index contributed by atoms with van der Waals surface area (Å²) in [6.07, 6.45) is 0. The van der Waals surface area contributed by atoms with Gasteiger partial charge in [-0.05, 0) is 49.7 Å². The van der Waals surface area contributed by atoms with E-state index in [1.54, 1.807) is 42.5 Å². The van der Waals surface area contributed by atoms with Gasteiger partial charge in [0.05, 0.1) is 11.4 Å². The Balaban J connectivity index is 1.55. The van der Waals surface area contributed by atoms with Crippen LogP contribution in [0, 0.1) is 13.8 Å². The molecule has 1 aliphatic rings. The van der Waals surface area contributed by atoms with Crippen LogP contribution in [0.4, 0.5) is 0 Å². The summed E-state index contributed by atoms with van der Waals surface area (Å²) in [4.78, 5) is 14.4. The minimum absolute atomic E-state index is 0.112. The molecule has 0 N–H and O–H groups in total. The van der Waals surface area contributed by atoms with Gasteiger partial charge in [-0.2, -0.15) is 4.31 Å². The fraction of sp³-hybridized carbons (Fsp3) is 0.350. The van der Waals surface area contributed by atoms with Gasteiger partial charge in [-0.3, -0.25) is 9.69 Å². The number of rotatable bonds is 5. The fourth-order valence-corrected chi connectivity index (χ4v) is 4.70. The van der Waals surface area contributed by atoms with Gasteiger partial charge in [-0.1, -0.05) is 29.3 Å². The molecule has 0 aromatic heterocycles. The molecule has 0 spiro atoms. The van der Waals surface area contributed by atoms with E-state index in [2.05, 4.69) is 0 Å². The van der Waals surface area contributed by atoms with E-state index < -0.39 is 10.0 Å². The standard InChI is InChI=1S/C20H23ClN2O4S/c1-15-3-6-18(7-4-15)28(25,26)23-11-9-22(10-12-23)14-20(24)27-19-8-5-17(21)13-16(19)2/h3-8,13H,9-12,14H2,1-2H3. The average molecular weight is 423 g/mol. The summed E-state index contributed by atoms with van der Waals surface area (Å²) in [5, 5.41) is 0.586. The van der Waals surface area contributed by atoms with Gasteiger partial charge >= 0.3 is 5.97 Å². The number of halogens is 1. The highest BCUT2D eigenvalue weighted by Crippen LogP contribution is 2.22. The lowest BCUT2D eigenvalue weighted by atomic mass is 10.2. The number of aryl methyl sites for hydroxylation is 2. The van der Waals surface area contributed by atoms with Crippen LogP contribution in [0.1, 0.15) is 11.1 Å². The molecule has 8 heteroatoms. The van der Waals surface area contributed by atoms with E-state index in [0.29, 0.717) is 41.8 Å². The molecule has 2 aromatic carbocycles. The van der Waals surface area contributed by atoms with Gasteiger partial charge < -0.3 is 4.74 Å². The number of ether oxygens (including phenoxy) is 1. The van der Waals surface area contributed by atoms with Gasteiger partial charge in [0.2, 0.25) is 10.0 Å². The second-order valence-electron chi connectivity index (χ2n) is 6.88. The van der Waals surface area contributed by atoms with Crippen molar-refractivity contribution in [1.82, 2.24) is 9.21 Å². The molecule has 1 heterocycles. The predicted octanol–water partition coefficient (Wildman–Crippen LogP) is 2.87. The fourth-order valence-electron chi connectivity index (χ4n) is 3.05. The smallest absolute Gasteiger partial charge is 0.325 e. The number of carbonyl (C=O) groups excluding carboxylic acids is 1. The van der Waals surface area contributed by atoms with Crippen molar-refractivity contribution in [2.45, 2.75) is 18.7 Å². The summed E-state index contributed by atoms with van der Waals surface area (Å²) in [7, 11) is -3.51. The number of esters is 1. The highest BCUT2D eigenvalue weighted by Gasteiger charge is 2.29. The van der Waals surface area contributed by atoms with Gasteiger partial charge in [0.25, 0.3) is 0 Å². The first-order valence-corrected chi connectivity index (χ1v) is 10.8. The molecule has 0 radical (unpaired) electrons. The highest BCUT2D eigenvalue weighted by atomic mass is 35.5. The van der Waals surface area contributed by atoms with Crippen LogP contribution in [0.15, 0.2) is 47.4 Å². The van der Waals surface area contributed by atoms with Crippen LogP contribution in [0.25, 0.3) is 0 Å². The van der Waals surface area contributed by atoms with E-state index in [0.717, 1.165) is 11.1 Å². The number of benzene rings is 2. The normalized spacial score (nSPS) is 16.1. The Kier molecular flexibility index (Phi) is 6.40. The number of sulfonamides is 1. The molecule has 0 atom stereocenters. The monoisotopic (exact) mass is 422 g/mol. The number of piperazine rings is 1. The van der Waals surface area contributed by atoms with Crippen molar-refractivity contribution in [3.8, 4) is 5.75 Å². The van der Waals surface area contributed by atoms with Crippen LogP contribution in [0.3, 0.4) is 0 Å². The highest BCUT2D eigenvalue weighted by molar-refractivity contribution is 7.89. The van der Waals surface area contributed by atoms with Crippen LogP contribution in [0.2, 0.25) is 5.02 Å². The molecule has 1 saturated heterocycles. The first-order valence-electron chi connectivity index (χ1n) is 9.02. The molecule has 2 aromatic rings. The minimum Gasteiger partial charge on any atom is -0.425 e. The van der Waals surface area contributed by atoms with Crippen LogP contribution in [-0.4, -0.2) is 56.3 Å². The summed E-state index contributed by atoms with van der Waals surface area (Å²) in [6.45, 7) is 5.47. The average Bonchev–Trinajstić information content (AvgIpc) is 2.65. The lowest BCUT2D eigenvalue weighted by Gasteiger charge is -2.33. The summed E-state index contributed by atoms with van der Waals surface area (Å²) in [6, 6.07) is 11.9. The van der Waals surface area contributed by atoms with E-state index >= 15 is 0 Å². The molecular formula is C20H23ClN2O4S. The maximum atomic E-state index is 12.7. The zero-order valence-electron chi connectivity index (χ0n) is 15.9. The Bertz CT molecular complexity index is 953. The van der Waals surface area contributed by atoms with E-state index in [-0.39, 0.29) is 12.5 Å². The molecule has 150 valence electrons.